The molecular weight excluding hydrogens is 404 g/mol. The summed E-state index contributed by atoms with van der Waals surface area (Å²) in [6.45, 7) is 7.44. The number of benzene rings is 1. The SMILES string of the molecule is COCCc1nc2cnc3cc(OCCN4CCCC4)ccc3c2n1CC1CCOCC1. The third kappa shape index (κ3) is 4.75. The van der Waals surface area contributed by atoms with E-state index in [-0.39, 0.29) is 0 Å². The molecule has 3 aromatic rings. The molecule has 7 heteroatoms. The number of rotatable bonds is 9. The summed E-state index contributed by atoms with van der Waals surface area (Å²) < 4.78 is 19.4. The number of imidazole rings is 1. The molecule has 2 fully saturated rings. The van der Waals surface area contributed by atoms with Crippen molar-refractivity contribution in [3.05, 3.63) is 30.2 Å². The van der Waals surface area contributed by atoms with Crippen LogP contribution in [0.4, 0.5) is 0 Å². The number of likely N-dealkylation sites (tertiary alicyclic amines) is 1. The van der Waals surface area contributed by atoms with Crippen molar-refractivity contribution in [2.24, 2.45) is 5.92 Å². The quantitative estimate of drug-likeness (QED) is 0.508. The van der Waals surface area contributed by atoms with Crippen LogP contribution in [0, 0.1) is 5.92 Å². The van der Waals surface area contributed by atoms with Crippen molar-refractivity contribution in [1.29, 1.82) is 0 Å². The minimum atomic E-state index is 0.610. The first-order valence-corrected chi connectivity index (χ1v) is 12.0. The molecular formula is C25H34N4O3. The van der Waals surface area contributed by atoms with Crippen molar-refractivity contribution in [1.82, 2.24) is 19.4 Å². The smallest absolute Gasteiger partial charge is 0.121 e. The number of ether oxygens (including phenoxy) is 3. The Balaban J connectivity index is 1.42. The van der Waals surface area contributed by atoms with Gasteiger partial charge in [0, 0.05) is 51.3 Å². The average molecular weight is 439 g/mol. The van der Waals surface area contributed by atoms with Crippen LogP contribution in [-0.4, -0.2) is 72.6 Å². The van der Waals surface area contributed by atoms with Crippen LogP contribution in [0.25, 0.3) is 21.9 Å². The van der Waals surface area contributed by atoms with E-state index in [2.05, 4.69) is 27.7 Å². The molecule has 0 aliphatic carbocycles. The Morgan fingerprint density at radius 1 is 1.09 bits per heavy atom. The van der Waals surface area contributed by atoms with Crippen LogP contribution in [0.2, 0.25) is 0 Å². The summed E-state index contributed by atoms with van der Waals surface area (Å²) in [6, 6.07) is 6.30. The van der Waals surface area contributed by atoms with E-state index in [1.807, 2.05) is 6.20 Å². The van der Waals surface area contributed by atoms with Gasteiger partial charge in [0.1, 0.15) is 23.7 Å². The number of hydrogen-bond acceptors (Lipinski definition) is 6. The van der Waals surface area contributed by atoms with Gasteiger partial charge in [-0.1, -0.05) is 0 Å². The highest BCUT2D eigenvalue weighted by Crippen LogP contribution is 2.30. The molecule has 4 heterocycles. The molecule has 2 aliphatic rings. The Labute approximate surface area is 189 Å². The minimum absolute atomic E-state index is 0.610. The molecule has 172 valence electrons. The van der Waals surface area contributed by atoms with E-state index in [0.717, 1.165) is 80.2 Å². The summed E-state index contributed by atoms with van der Waals surface area (Å²) >= 11 is 0. The van der Waals surface area contributed by atoms with Gasteiger partial charge in [-0.3, -0.25) is 9.88 Å². The minimum Gasteiger partial charge on any atom is -0.492 e. The zero-order valence-electron chi connectivity index (χ0n) is 19.1. The Morgan fingerprint density at radius 3 is 2.75 bits per heavy atom. The highest BCUT2D eigenvalue weighted by molar-refractivity contribution is 6.02. The van der Waals surface area contributed by atoms with E-state index in [9.17, 15) is 0 Å². The Hall–Kier alpha value is -2.22. The summed E-state index contributed by atoms with van der Waals surface area (Å²) in [4.78, 5) is 12.1. The first-order chi connectivity index (χ1) is 15.8. The normalized spacial score (nSPS) is 18.2. The van der Waals surface area contributed by atoms with Crippen molar-refractivity contribution in [3.8, 4) is 5.75 Å². The highest BCUT2D eigenvalue weighted by atomic mass is 16.5. The van der Waals surface area contributed by atoms with Crippen molar-refractivity contribution < 1.29 is 14.2 Å². The van der Waals surface area contributed by atoms with Gasteiger partial charge in [0.2, 0.25) is 0 Å². The molecule has 0 radical (unpaired) electrons. The lowest BCUT2D eigenvalue weighted by atomic mass is 10.00. The van der Waals surface area contributed by atoms with Gasteiger partial charge in [0.15, 0.2) is 0 Å². The number of pyridine rings is 1. The molecule has 0 amide bonds. The Kier molecular flexibility index (Phi) is 6.86. The third-order valence-corrected chi connectivity index (χ3v) is 6.81. The molecule has 0 atom stereocenters. The van der Waals surface area contributed by atoms with Gasteiger partial charge in [-0.05, 0) is 56.8 Å². The van der Waals surface area contributed by atoms with Gasteiger partial charge >= 0.3 is 0 Å². The fourth-order valence-electron chi connectivity index (χ4n) is 5.00. The largest absolute Gasteiger partial charge is 0.492 e. The summed E-state index contributed by atoms with van der Waals surface area (Å²) in [5, 5.41) is 1.14. The van der Waals surface area contributed by atoms with E-state index in [1.165, 1.54) is 31.4 Å². The lowest BCUT2D eigenvalue weighted by molar-refractivity contribution is 0.0612. The second kappa shape index (κ2) is 10.1. The van der Waals surface area contributed by atoms with Crippen molar-refractivity contribution >= 4 is 21.9 Å². The Morgan fingerprint density at radius 2 is 1.94 bits per heavy atom. The Bertz CT molecular complexity index is 1040. The van der Waals surface area contributed by atoms with E-state index >= 15 is 0 Å². The van der Waals surface area contributed by atoms with Crippen LogP contribution < -0.4 is 4.74 Å². The molecule has 1 aromatic carbocycles. The zero-order valence-corrected chi connectivity index (χ0v) is 19.1. The summed E-state index contributed by atoms with van der Waals surface area (Å²) in [7, 11) is 1.74. The molecule has 2 saturated heterocycles. The first kappa shape index (κ1) is 21.6. The van der Waals surface area contributed by atoms with Crippen LogP contribution >= 0.6 is 0 Å². The fraction of sp³-hybridized carbons (Fsp3) is 0.600. The number of methoxy groups -OCH3 is 1. The lowest BCUT2D eigenvalue weighted by Gasteiger charge is -2.23. The molecule has 2 aliphatic heterocycles. The molecule has 0 spiro atoms. The van der Waals surface area contributed by atoms with Crippen molar-refractivity contribution in [2.45, 2.75) is 38.6 Å². The molecule has 5 rings (SSSR count). The molecule has 7 nitrogen and oxygen atoms in total. The van der Waals surface area contributed by atoms with E-state index < -0.39 is 0 Å². The van der Waals surface area contributed by atoms with E-state index in [4.69, 9.17) is 24.2 Å². The molecule has 0 bridgehead atoms. The number of fused-ring (bicyclic) bond motifs is 3. The van der Waals surface area contributed by atoms with Gasteiger partial charge < -0.3 is 18.8 Å². The van der Waals surface area contributed by atoms with Crippen LogP contribution in [0.1, 0.15) is 31.5 Å². The summed E-state index contributed by atoms with van der Waals surface area (Å²) in [5.74, 6) is 2.58. The standard InChI is InChI=1S/C25H34N4O3/c1-30-12-8-24-27-23-17-26-22-16-20(32-15-11-28-9-2-3-10-28)4-5-21(22)25(23)29(24)18-19-6-13-31-14-7-19/h4-5,16-17,19H,2-3,6-15,18H2,1H3. The third-order valence-electron chi connectivity index (χ3n) is 6.81. The number of aromatic nitrogens is 3. The monoisotopic (exact) mass is 438 g/mol. The maximum absolute atomic E-state index is 6.06. The molecule has 0 unspecified atom stereocenters. The predicted molar refractivity (Wildman–Crippen MR) is 125 cm³/mol. The van der Waals surface area contributed by atoms with E-state index in [1.54, 1.807) is 7.11 Å². The molecule has 32 heavy (non-hydrogen) atoms. The van der Waals surface area contributed by atoms with Gasteiger partial charge in [-0.2, -0.15) is 0 Å². The summed E-state index contributed by atoms with van der Waals surface area (Å²) in [5.41, 5.74) is 3.09. The topological polar surface area (TPSA) is 61.6 Å². The van der Waals surface area contributed by atoms with Crippen molar-refractivity contribution in [3.63, 3.8) is 0 Å². The van der Waals surface area contributed by atoms with Crippen LogP contribution in [-0.2, 0) is 22.4 Å². The zero-order chi connectivity index (χ0) is 21.8. The predicted octanol–water partition coefficient (Wildman–Crippen LogP) is 3.67. The highest BCUT2D eigenvalue weighted by Gasteiger charge is 2.20. The molecule has 0 saturated carbocycles. The summed E-state index contributed by atoms with van der Waals surface area (Å²) in [6.07, 6.45) is 7.52. The van der Waals surface area contributed by atoms with Crippen LogP contribution in [0.15, 0.2) is 24.4 Å². The maximum Gasteiger partial charge on any atom is 0.121 e. The van der Waals surface area contributed by atoms with Gasteiger partial charge in [-0.15, -0.1) is 0 Å². The fourth-order valence-corrected chi connectivity index (χ4v) is 5.00. The lowest BCUT2D eigenvalue weighted by Crippen LogP contribution is -2.25. The first-order valence-electron chi connectivity index (χ1n) is 12.0. The maximum atomic E-state index is 6.06. The van der Waals surface area contributed by atoms with Gasteiger partial charge in [0.25, 0.3) is 0 Å². The number of nitrogens with zero attached hydrogens (tertiary/aromatic N) is 4. The van der Waals surface area contributed by atoms with Crippen molar-refractivity contribution in [2.75, 3.05) is 53.2 Å². The van der Waals surface area contributed by atoms with E-state index in [0.29, 0.717) is 12.5 Å². The van der Waals surface area contributed by atoms with Gasteiger partial charge in [-0.25, -0.2) is 4.98 Å². The second-order valence-electron chi connectivity index (χ2n) is 9.01. The second-order valence-corrected chi connectivity index (χ2v) is 9.01. The number of hydrogen-bond donors (Lipinski definition) is 0. The molecule has 2 aromatic heterocycles. The van der Waals surface area contributed by atoms with Crippen LogP contribution in [0.3, 0.4) is 0 Å². The average Bonchev–Trinajstić information content (AvgIpc) is 3.46. The van der Waals surface area contributed by atoms with Gasteiger partial charge in [0.05, 0.1) is 23.8 Å². The van der Waals surface area contributed by atoms with Crippen LogP contribution in [0.5, 0.6) is 5.75 Å². The molecule has 0 N–H and O–H groups in total.